The lowest BCUT2D eigenvalue weighted by molar-refractivity contribution is 0.663. The fourth-order valence-electron chi connectivity index (χ4n) is 1.72. The van der Waals surface area contributed by atoms with Crippen LogP contribution in [0.15, 0.2) is 24.3 Å². The van der Waals surface area contributed by atoms with Crippen LogP contribution in [-0.2, 0) is 0 Å². The van der Waals surface area contributed by atoms with E-state index in [1.807, 2.05) is 24.3 Å². The zero-order chi connectivity index (χ0) is 12.5. The van der Waals surface area contributed by atoms with Crippen LogP contribution in [0.5, 0.6) is 0 Å². The highest BCUT2D eigenvalue weighted by Gasteiger charge is 2.00. The molecule has 2 nitrogen and oxygen atoms in total. The summed E-state index contributed by atoms with van der Waals surface area (Å²) in [5, 5.41) is 8.72. The Morgan fingerprint density at radius 2 is 1.76 bits per heavy atom. The van der Waals surface area contributed by atoms with Gasteiger partial charge in [-0.3, -0.25) is 0 Å². The van der Waals surface area contributed by atoms with Gasteiger partial charge in [-0.05, 0) is 37.1 Å². The van der Waals surface area contributed by atoms with Crippen molar-refractivity contribution < 1.29 is 0 Å². The van der Waals surface area contributed by atoms with E-state index in [-0.39, 0.29) is 0 Å². The first-order valence-electron chi connectivity index (χ1n) is 6.05. The first-order valence-corrected chi connectivity index (χ1v) is 6.58. The van der Waals surface area contributed by atoms with Gasteiger partial charge in [0.2, 0.25) is 0 Å². The number of rotatable bonds is 7. The fourth-order valence-corrected chi connectivity index (χ4v) is 1.91. The van der Waals surface area contributed by atoms with Crippen LogP contribution in [0.1, 0.15) is 31.2 Å². The van der Waals surface area contributed by atoms with E-state index in [1.54, 1.807) is 0 Å². The number of nitrogens with zero attached hydrogens (tertiary/aromatic N) is 2. The Hall–Kier alpha value is -1.20. The number of anilines is 1. The second kappa shape index (κ2) is 7.97. The number of nitriles is 1. The lowest BCUT2D eigenvalue weighted by Gasteiger charge is -2.19. The van der Waals surface area contributed by atoms with Gasteiger partial charge in [-0.25, -0.2) is 0 Å². The lowest BCUT2D eigenvalue weighted by Crippen LogP contribution is -2.18. The van der Waals surface area contributed by atoms with Crippen LogP contribution >= 0.6 is 11.6 Å². The minimum absolute atomic E-state index is 0.712. The smallest absolute Gasteiger partial charge is 0.0991 e. The van der Waals surface area contributed by atoms with Gasteiger partial charge >= 0.3 is 0 Å². The summed E-state index contributed by atoms with van der Waals surface area (Å²) in [4.78, 5) is 2.22. The van der Waals surface area contributed by atoms with Crippen LogP contribution in [0.25, 0.3) is 0 Å². The Labute approximate surface area is 109 Å². The number of unbranched alkanes of at least 4 members (excludes halogenated alkanes) is 3. The normalized spacial score (nSPS) is 9.94. The third-order valence-corrected chi connectivity index (χ3v) is 3.08. The maximum absolute atomic E-state index is 8.72. The van der Waals surface area contributed by atoms with Crippen LogP contribution in [0, 0.1) is 11.3 Å². The zero-order valence-electron chi connectivity index (χ0n) is 10.3. The topological polar surface area (TPSA) is 27.0 Å². The largest absolute Gasteiger partial charge is 0.375 e. The molecule has 0 atom stereocenters. The highest BCUT2D eigenvalue weighted by atomic mass is 35.5. The highest BCUT2D eigenvalue weighted by Crippen LogP contribution is 2.14. The van der Waals surface area contributed by atoms with Gasteiger partial charge in [-0.1, -0.05) is 12.8 Å². The molecule has 1 aromatic carbocycles. The maximum atomic E-state index is 8.72. The summed E-state index contributed by atoms with van der Waals surface area (Å²) in [6.45, 7) is 1.05. The zero-order valence-corrected chi connectivity index (χ0v) is 11.1. The Morgan fingerprint density at radius 3 is 2.35 bits per heavy atom. The molecule has 0 aliphatic rings. The average Bonchev–Trinajstić information content (AvgIpc) is 2.38. The lowest BCUT2D eigenvalue weighted by atomic mass is 10.2. The van der Waals surface area contributed by atoms with Gasteiger partial charge in [-0.2, -0.15) is 5.26 Å². The van der Waals surface area contributed by atoms with Crippen molar-refractivity contribution in [2.24, 2.45) is 0 Å². The molecule has 0 saturated carbocycles. The fraction of sp³-hybridized carbons (Fsp3) is 0.500. The molecule has 0 amide bonds. The van der Waals surface area contributed by atoms with Crippen molar-refractivity contribution in [3.8, 4) is 6.07 Å². The van der Waals surface area contributed by atoms with Crippen LogP contribution in [0.3, 0.4) is 0 Å². The van der Waals surface area contributed by atoms with Crippen LogP contribution in [0.4, 0.5) is 5.69 Å². The number of halogens is 1. The van der Waals surface area contributed by atoms with Crippen LogP contribution in [0.2, 0.25) is 0 Å². The van der Waals surface area contributed by atoms with E-state index in [0.717, 1.165) is 18.8 Å². The predicted octanol–water partition coefficient (Wildman–Crippen LogP) is 3.79. The van der Waals surface area contributed by atoms with Gasteiger partial charge < -0.3 is 4.90 Å². The summed E-state index contributed by atoms with van der Waals surface area (Å²) < 4.78 is 0. The molecule has 17 heavy (non-hydrogen) atoms. The van der Waals surface area contributed by atoms with Gasteiger partial charge in [0.15, 0.2) is 0 Å². The van der Waals surface area contributed by atoms with E-state index < -0.39 is 0 Å². The Kier molecular flexibility index (Phi) is 6.50. The summed E-state index contributed by atoms with van der Waals surface area (Å²) in [7, 11) is 2.09. The molecule has 0 aliphatic carbocycles. The molecule has 3 heteroatoms. The van der Waals surface area contributed by atoms with Crippen molar-refractivity contribution in [3.63, 3.8) is 0 Å². The van der Waals surface area contributed by atoms with E-state index in [2.05, 4.69) is 18.0 Å². The molecule has 0 fully saturated rings. The molecule has 0 radical (unpaired) electrons. The maximum Gasteiger partial charge on any atom is 0.0991 e. The minimum atomic E-state index is 0.712. The van der Waals surface area contributed by atoms with E-state index in [9.17, 15) is 0 Å². The predicted molar refractivity (Wildman–Crippen MR) is 73.6 cm³/mol. The Bertz CT molecular complexity index is 353. The molecule has 0 saturated heterocycles. The molecule has 0 bridgehead atoms. The van der Waals surface area contributed by atoms with Crippen LogP contribution in [-0.4, -0.2) is 19.5 Å². The number of alkyl halides is 1. The van der Waals surface area contributed by atoms with Gasteiger partial charge in [0, 0.05) is 25.2 Å². The first-order chi connectivity index (χ1) is 8.27. The van der Waals surface area contributed by atoms with Crippen molar-refractivity contribution in [3.05, 3.63) is 29.8 Å². The molecular weight excluding hydrogens is 232 g/mol. The molecule has 0 aliphatic heterocycles. The highest BCUT2D eigenvalue weighted by molar-refractivity contribution is 6.17. The van der Waals surface area contributed by atoms with Gasteiger partial charge in [0.25, 0.3) is 0 Å². The number of benzene rings is 1. The van der Waals surface area contributed by atoms with Crippen molar-refractivity contribution in [1.82, 2.24) is 0 Å². The van der Waals surface area contributed by atoms with Gasteiger partial charge in [0.05, 0.1) is 11.6 Å². The SMILES string of the molecule is CN(CCCCCCCl)c1ccc(C#N)cc1. The van der Waals surface area contributed by atoms with E-state index in [4.69, 9.17) is 16.9 Å². The average molecular weight is 251 g/mol. The Morgan fingerprint density at radius 1 is 1.12 bits per heavy atom. The van der Waals surface area contributed by atoms with Crippen molar-refractivity contribution >= 4 is 17.3 Å². The van der Waals surface area contributed by atoms with Crippen molar-refractivity contribution in [2.45, 2.75) is 25.7 Å². The molecule has 0 N–H and O–H groups in total. The molecular formula is C14H19ClN2. The Balaban J connectivity index is 2.31. The molecule has 1 aromatic rings. The molecule has 0 aromatic heterocycles. The standard InChI is InChI=1S/C14H19ClN2/c1-17(11-5-3-2-4-10-15)14-8-6-13(12-16)7-9-14/h6-9H,2-5,10-11H2,1H3. The van der Waals surface area contributed by atoms with Gasteiger partial charge in [0.1, 0.15) is 0 Å². The summed E-state index contributed by atoms with van der Waals surface area (Å²) in [5.41, 5.74) is 1.88. The quantitative estimate of drug-likeness (QED) is 0.544. The minimum Gasteiger partial charge on any atom is -0.375 e. The molecule has 0 spiro atoms. The van der Waals surface area contributed by atoms with E-state index in [1.165, 1.54) is 24.9 Å². The summed E-state index contributed by atoms with van der Waals surface area (Å²) in [6, 6.07) is 9.84. The summed E-state index contributed by atoms with van der Waals surface area (Å²) >= 11 is 5.63. The molecule has 0 heterocycles. The number of hydrogen-bond acceptors (Lipinski definition) is 2. The van der Waals surface area contributed by atoms with Crippen LogP contribution < -0.4 is 4.90 Å². The summed E-state index contributed by atoms with van der Waals surface area (Å²) in [5.74, 6) is 0.769. The second-order valence-electron chi connectivity index (χ2n) is 4.18. The first kappa shape index (κ1) is 13.9. The molecule has 0 unspecified atom stereocenters. The molecule has 1 rings (SSSR count). The molecule has 92 valence electrons. The second-order valence-corrected chi connectivity index (χ2v) is 4.56. The van der Waals surface area contributed by atoms with E-state index >= 15 is 0 Å². The van der Waals surface area contributed by atoms with Crippen molar-refractivity contribution in [2.75, 3.05) is 24.4 Å². The summed E-state index contributed by atoms with van der Waals surface area (Å²) in [6.07, 6.45) is 4.74. The monoisotopic (exact) mass is 250 g/mol. The van der Waals surface area contributed by atoms with Crippen molar-refractivity contribution in [1.29, 1.82) is 5.26 Å². The van der Waals surface area contributed by atoms with E-state index in [0.29, 0.717) is 5.56 Å². The third kappa shape index (κ3) is 5.10. The number of hydrogen-bond donors (Lipinski definition) is 0. The third-order valence-electron chi connectivity index (χ3n) is 2.81. The van der Waals surface area contributed by atoms with Gasteiger partial charge in [-0.15, -0.1) is 11.6 Å².